The first-order valence-electron chi connectivity index (χ1n) is 10.8. The number of piperazine rings is 1. The van der Waals surface area contributed by atoms with Gasteiger partial charge >= 0.3 is 0 Å². The Bertz CT molecular complexity index is 1040. The summed E-state index contributed by atoms with van der Waals surface area (Å²) in [5, 5.41) is 0. The second-order valence-electron chi connectivity index (χ2n) is 8.03. The molecule has 1 heterocycles. The zero-order valence-electron chi connectivity index (χ0n) is 18.3. The van der Waals surface area contributed by atoms with Crippen molar-refractivity contribution in [2.24, 2.45) is 0 Å². The van der Waals surface area contributed by atoms with Crippen molar-refractivity contribution in [2.75, 3.05) is 45.1 Å². The molecule has 1 aliphatic heterocycles. The third-order valence-corrected chi connectivity index (χ3v) is 6.87. The van der Waals surface area contributed by atoms with Crippen molar-refractivity contribution in [3.63, 3.8) is 0 Å². The molecule has 180 valence electrons. The molecule has 1 amide bonds. The second-order valence-corrected chi connectivity index (χ2v) is 10.5. The zero-order chi connectivity index (χ0) is 23.8. The average Bonchev–Trinajstić information content (AvgIpc) is 2.77. The predicted molar refractivity (Wildman–Crippen MR) is 127 cm³/mol. The van der Waals surface area contributed by atoms with Crippen LogP contribution in [0.4, 0.5) is 4.39 Å². The highest BCUT2D eigenvalue weighted by atomic mass is 79.9. The van der Waals surface area contributed by atoms with Gasteiger partial charge in [-0.15, -0.1) is 0 Å². The summed E-state index contributed by atoms with van der Waals surface area (Å²) in [6, 6.07) is 11.9. The first kappa shape index (κ1) is 25.6. The van der Waals surface area contributed by atoms with Crippen molar-refractivity contribution in [3.8, 4) is 5.75 Å². The first-order valence-corrected chi connectivity index (χ1v) is 13.2. The molecule has 0 atom stereocenters. The van der Waals surface area contributed by atoms with Gasteiger partial charge in [0.15, 0.2) is 6.61 Å². The monoisotopic (exact) mass is 542 g/mol. The van der Waals surface area contributed by atoms with Crippen LogP contribution in [0.25, 0.3) is 0 Å². The van der Waals surface area contributed by atoms with E-state index in [1.54, 1.807) is 29.2 Å². The van der Waals surface area contributed by atoms with Crippen LogP contribution in [0.2, 0.25) is 0 Å². The molecule has 1 fully saturated rings. The number of carbonyl (C=O) groups is 1. The van der Waals surface area contributed by atoms with E-state index >= 15 is 0 Å². The molecule has 1 saturated heterocycles. The molecule has 0 aromatic heterocycles. The Morgan fingerprint density at radius 1 is 1.06 bits per heavy atom. The molecule has 0 spiro atoms. The molecule has 1 aliphatic rings. The molecule has 0 bridgehead atoms. The normalized spacial score (nSPS) is 14.9. The van der Waals surface area contributed by atoms with Crippen LogP contribution in [0.3, 0.4) is 0 Å². The Balaban J connectivity index is 1.44. The summed E-state index contributed by atoms with van der Waals surface area (Å²) in [7, 11) is -4.02. The standard InChI is InChI=1S/C23H28BrFN2O5S/c24-20-5-8-22(19(16-20)2-1-15-33(29,30)31)32-17-23(28)27-13-11-26(12-14-27)10-9-18-3-6-21(25)7-4-18/h3-8,16H,1-2,9-15,17H2,(H,29,30,31). The van der Waals surface area contributed by atoms with E-state index in [0.717, 1.165) is 41.7 Å². The summed E-state index contributed by atoms with van der Waals surface area (Å²) in [4.78, 5) is 16.7. The number of carbonyl (C=O) groups excluding carboxylic acids is 1. The number of hydrogen-bond donors (Lipinski definition) is 1. The van der Waals surface area contributed by atoms with Crippen molar-refractivity contribution >= 4 is 32.0 Å². The minimum Gasteiger partial charge on any atom is -0.483 e. The number of benzene rings is 2. The van der Waals surface area contributed by atoms with Crippen LogP contribution >= 0.6 is 15.9 Å². The fraction of sp³-hybridized carbons (Fsp3) is 0.435. The van der Waals surface area contributed by atoms with Gasteiger partial charge in [0, 0.05) is 37.2 Å². The van der Waals surface area contributed by atoms with Crippen molar-refractivity contribution in [1.29, 1.82) is 0 Å². The fourth-order valence-corrected chi connectivity index (χ4v) is 4.64. The Kier molecular flexibility index (Phi) is 9.25. The summed E-state index contributed by atoms with van der Waals surface area (Å²) < 4.78 is 50.4. The van der Waals surface area contributed by atoms with Crippen LogP contribution in [0.1, 0.15) is 17.5 Å². The largest absolute Gasteiger partial charge is 0.483 e. The maximum Gasteiger partial charge on any atom is 0.264 e. The Morgan fingerprint density at radius 3 is 2.42 bits per heavy atom. The van der Waals surface area contributed by atoms with Gasteiger partial charge in [0.25, 0.3) is 16.0 Å². The number of halogens is 2. The topological polar surface area (TPSA) is 87.1 Å². The highest BCUT2D eigenvalue weighted by molar-refractivity contribution is 9.10. The SMILES string of the molecule is O=C(COc1ccc(Br)cc1CCCS(=O)(=O)O)N1CCN(CCc2ccc(F)cc2)CC1. The summed E-state index contributed by atoms with van der Waals surface area (Å²) in [6.45, 7) is 3.54. The van der Waals surface area contributed by atoms with E-state index in [4.69, 9.17) is 9.29 Å². The molecule has 2 aromatic rings. The lowest BCUT2D eigenvalue weighted by Crippen LogP contribution is -2.50. The van der Waals surface area contributed by atoms with Crippen LogP contribution in [0, 0.1) is 5.82 Å². The van der Waals surface area contributed by atoms with E-state index in [1.807, 2.05) is 6.07 Å². The Labute approximate surface area is 202 Å². The Hall–Kier alpha value is -2.01. The third-order valence-electron chi connectivity index (χ3n) is 5.58. The molecule has 0 aliphatic carbocycles. The smallest absolute Gasteiger partial charge is 0.264 e. The summed E-state index contributed by atoms with van der Waals surface area (Å²) in [6.07, 6.45) is 1.48. The lowest BCUT2D eigenvalue weighted by molar-refractivity contribution is -0.135. The van der Waals surface area contributed by atoms with Crippen molar-refractivity contribution in [1.82, 2.24) is 9.80 Å². The molecule has 10 heteroatoms. The summed E-state index contributed by atoms with van der Waals surface area (Å²) >= 11 is 3.39. The molecule has 33 heavy (non-hydrogen) atoms. The van der Waals surface area contributed by atoms with Gasteiger partial charge in [-0.3, -0.25) is 14.2 Å². The fourth-order valence-electron chi connectivity index (χ4n) is 3.72. The van der Waals surface area contributed by atoms with Gasteiger partial charge in [-0.25, -0.2) is 4.39 Å². The summed E-state index contributed by atoms with van der Waals surface area (Å²) in [5.74, 6) is -0.134. The van der Waals surface area contributed by atoms with Crippen LogP contribution in [0.5, 0.6) is 5.75 Å². The lowest BCUT2D eigenvalue weighted by atomic mass is 10.1. The number of nitrogens with zero attached hydrogens (tertiary/aromatic N) is 2. The number of amides is 1. The minimum atomic E-state index is -4.02. The quantitative estimate of drug-likeness (QED) is 0.464. The molecule has 0 unspecified atom stereocenters. The highest BCUT2D eigenvalue weighted by Crippen LogP contribution is 2.25. The molecular formula is C23H28BrFN2O5S. The maximum absolute atomic E-state index is 13.0. The van der Waals surface area contributed by atoms with Crippen molar-refractivity contribution in [2.45, 2.75) is 19.3 Å². The van der Waals surface area contributed by atoms with Gasteiger partial charge in [-0.05, 0) is 60.7 Å². The van der Waals surface area contributed by atoms with E-state index in [-0.39, 0.29) is 30.5 Å². The molecule has 2 aromatic carbocycles. The predicted octanol–water partition coefficient (Wildman–Crippen LogP) is 3.17. The van der Waals surface area contributed by atoms with E-state index in [2.05, 4.69) is 20.8 Å². The van der Waals surface area contributed by atoms with Crippen LogP contribution < -0.4 is 4.74 Å². The Morgan fingerprint density at radius 2 is 1.76 bits per heavy atom. The number of ether oxygens (including phenoxy) is 1. The van der Waals surface area contributed by atoms with E-state index in [9.17, 15) is 17.6 Å². The first-order chi connectivity index (χ1) is 15.7. The van der Waals surface area contributed by atoms with Gasteiger partial charge in [-0.1, -0.05) is 28.1 Å². The van der Waals surface area contributed by atoms with Crippen LogP contribution in [0.15, 0.2) is 46.9 Å². The van der Waals surface area contributed by atoms with Crippen molar-refractivity contribution in [3.05, 3.63) is 63.9 Å². The number of rotatable bonds is 10. The van der Waals surface area contributed by atoms with E-state index in [0.29, 0.717) is 25.3 Å². The molecule has 1 N–H and O–H groups in total. The average molecular weight is 543 g/mol. The molecule has 0 saturated carbocycles. The maximum atomic E-state index is 13.0. The van der Waals surface area contributed by atoms with E-state index in [1.165, 1.54) is 12.1 Å². The highest BCUT2D eigenvalue weighted by Gasteiger charge is 2.21. The van der Waals surface area contributed by atoms with E-state index < -0.39 is 10.1 Å². The number of aryl methyl sites for hydroxylation is 1. The van der Waals surface area contributed by atoms with Gasteiger partial charge < -0.3 is 9.64 Å². The van der Waals surface area contributed by atoms with Gasteiger partial charge in [0.1, 0.15) is 11.6 Å². The van der Waals surface area contributed by atoms with Gasteiger partial charge in [-0.2, -0.15) is 8.42 Å². The minimum absolute atomic E-state index is 0.0947. The molecular weight excluding hydrogens is 515 g/mol. The molecule has 0 radical (unpaired) electrons. The lowest BCUT2D eigenvalue weighted by Gasteiger charge is -2.34. The van der Waals surface area contributed by atoms with Gasteiger partial charge in [0.05, 0.1) is 5.75 Å². The molecule has 7 nitrogen and oxygen atoms in total. The third kappa shape index (κ3) is 8.69. The summed E-state index contributed by atoms with van der Waals surface area (Å²) in [5.41, 5.74) is 1.86. The number of hydrogen-bond acceptors (Lipinski definition) is 5. The van der Waals surface area contributed by atoms with Crippen LogP contribution in [-0.4, -0.2) is 73.8 Å². The zero-order valence-corrected chi connectivity index (χ0v) is 20.7. The molecule has 3 rings (SSSR count). The van der Waals surface area contributed by atoms with Gasteiger partial charge in [0.2, 0.25) is 0 Å². The van der Waals surface area contributed by atoms with Crippen LogP contribution in [-0.2, 0) is 27.8 Å². The van der Waals surface area contributed by atoms with Crippen molar-refractivity contribution < 1.29 is 26.9 Å². The second kappa shape index (κ2) is 11.9.